The Morgan fingerprint density at radius 1 is 1.17 bits per heavy atom. The monoisotopic (exact) mass is 180 g/mol. The van der Waals surface area contributed by atoms with Gasteiger partial charge in [0.15, 0.2) is 6.10 Å². The molecule has 0 spiro atoms. The fourth-order valence-electron chi connectivity index (χ4n) is 0.625. The fraction of sp³-hybridized carbons (Fsp3) is 0.833. The third kappa shape index (κ3) is 3.14. The molecule has 0 aromatic rings. The maximum absolute atomic E-state index is 9.47. The summed E-state index contributed by atoms with van der Waals surface area (Å²) < 4.78 is 3.18. The average Bonchev–Trinajstić information content (AvgIpc) is 2.02. The van der Waals surface area contributed by atoms with Crippen LogP contribution in [0.4, 0.5) is 0 Å². The molecule has 0 aliphatic carbocycles. The lowest BCUT2D eigenvalue weighted by atomic mass is 10.1. The van der Waals surface area contributed by atoms with Crippen molar-refractivity contribution in [3.8, 4) is 0 Å². The number of carbonyl (C=O) groups excluding carboxylic acids is 1. The Morgan fingerprint density at radius 3 is 2.00 bits per heavy atom. The lowest BCUT2D eigenvalue weighted by Gasteiger charge is -2.20. The molecule has 4 N–H and O–H groups in total. The van der Waals surface area contributed by atoms with Crippen molar-refractivity contribution in [3.63, 3.8) is 0 Å². The van der Waals surface area contributed by atoms with Crippen LogP contribution in [0.2, 0.25) is 0 Å². The molecule has 0 heterocycles. The molecule has 0 aromatic carbocycles. The first kappa shape index (κ1) is 11.3. The third-order valence-electron chi connectivity index (χ3n) is 1.39. The van der Waals surface area contributed by atoms with E-state index in [4.69, 9.17) is 20.4 Å². The smallest absolute Gasteiger partial charge is 0.349 e. The van der Waals surface area contributed by atoms with Crippen LogP contribution in [-0.2, 0) is 4.58 Å². The summed E-state index contributed by atoms with van der Waals surface area (Å²) in [6, 6.07) is 0. The van der Waals surface area contributed by atoms with E-state index < -0.39 is 24.4 Å². The molecule has 6 heteroatoms. The van der Waals surface area contributed by atoms with Crippen LogP contribution in [0.5, 0.6) is 0 Å². The number of rotatable bonds is 4. The van der Waals surface area contributed by atoms with Gasteiger partial charge in [0.2, 0.25) is 0 Å². The van der Waals surface area contributed by atoms with Crippen LogP contribution < -0.4 is 5.26 Å². The van der Waals surface area contributed by atoms with E-state index in [2.05, 4.69) is 4.58 Å². The van der Waals surface area contributed by atoms with Gasteiger partial charge in [0.1, 0.15) is 12.2 Å². The molecule has 0 aliphatic heterocycles. The Bertz CT molecular complexity index is 145. The average molecular weight is 180 g/mol. The first-order valence-corrected chi connectivity index (χ1v) is 3.35. The highest BCUT2D eigenvalue weighted by atomic mass is 17.1. The van der Waals surface area contributed by atoms with Crippen molar-refractivity contribution in [2.24, 2.45) is 0 Å². The van der Waals surface area contributed by atoms with Crippen LogP contribution in [0.25, 0.3) is 0 Å². The molecule has 0 amide bonds. The summed E-state index contributed by atoms with van der Waals surface area (Å²) in [6.45, 7) is 1.23. The normalized spacial score (nSPS) is 22.1. The first-order chi connectivity index (χ1) is 5.50. The molecule has 4 atom stereocenters. The van der Waals surface area contributed by atoms with Crippen LogP contribution in [0, 0.1) is 0 Å². The summed E-state index contributed by atoms with van der Waals surface area (Å²) in [6.07, 6.45) is -5.57. The molecular weight excluding hydrogens is 168 g/mol. The van der Waals surface area contributed by atoms with Gasteiger partial charge < -0.3 is 25.7 Å². The maximum Gasteiger partial charge on any atom is 0.349 e. The van der Waals surface area contributed by atoms with Gasteiger partial charge in [0.05, 0.1) is 6.10 Å². The van der Waals surface area contributed by atoms with E-state index in [1.807, 2.05) is 0 Å². The summed E-state index contributed by atoms with van der Waals surface area (Å²) in [4.78, 5) is 0. The number of aliphatic hydroxyl groups excluding tert-OH is 4. The van der Waals surface area contributed by atoms with Crippen molar-refractivity contribution >= 4 is 6.29 Å². The van der Waals surface area contributed by atoms with Crippen molar-refractivity contribution in [1.82, 2.24) is 0 Å². The molecular formula is C6H12O6. The number of hydrogen-bond donors (Lipinski definition) is 4. The van der Waals surface area contributed by atoms with Crippen LogP contribution in [-0.4, -0.2) is 51.1 Å². The Balaban J connectivity index is 4.08. The van der Waals surface area contributed by atoms with E-state index in [9.17, 15) is 5.26 Å². The van der Waals surface area contributed by atoms with Gasteiger partial charge in [-0.25, -0.2) is 0 Å². The largest absolute Gasteiger partial charge is 0.463 e. The van der Waals surface area contributed by atoms with E-state index in [0.29, 0.717) is 6.29 Å². The quantitative estimate of drug-likeness (QED) is 0.155. The molecule has 0 fully saturated rings. The standard InChI is InChI=1S/C6H12O6/c1-3(7)5(9)6(10)4(8)2-12-11/h2-10H,1H3/t3-,4+,5+,6-/m1/s1. The van der Waals surface area contributed by atoms with E-state index in [0.717, 1.165) is 0 Å². The van der Waals surface area contributed by atoms with Crippen molar-refractivity contribution in [2.45, 2.75) is 31.3 Å². The summed E-state index contributed by atoms with van der Waals surface area (Å²) >= 11 is 0. The summed E-state index contributed by atoms with van der Waals surface area (Å²) in [5.74, 6) is 0. The minimum absolute atomic E-state index is 0.413. The number of hydrogen-bond acceptors (Lipinski definition) is 5. The zero-order chi connectivity index (χ0) is 9.72. The number of aliphatic hydroxyl groups is 4. The fourth-order valence-corrected chi connectivity index (χ4v) is 0.625. The Hall–Kier alpha value is -0.690. The highest BCUT2D eigenvalue weighted by molar-refractivity contribution is 5.56. The molecule has 0 bridgehead atoms. The summed E-state index contributed by atoms with van der Waals surface area (Å²) in [5, 5.41) is 45.0. The first-order valence-electron chi connectivity index (χ1n) is 3.35. The Morgan fingerprint density at radius 2 is 1.67 bits per heavy atom. The molecule has 12 heavy (non-hydrogen) atoms. The van der Waals surface area contributed by atoms with Gasteiger partial charge in [0, 0.05) is 0 Å². The lowest BCUT2D eigenvalue weighted by molar-refractivity contribution is -1.04. The van der Waals surface area contributed by atoms with Crippen molar-refractivity contribution < 1.29 is 30.3 Å². The van der Waals surface area contributed by atoms with E-state index in [1.54, 1.807) is 0 Å². The topological polar surface area (TPSA) is 115 Å². The van der Waals surface area contributed by atoms with E-state index >= 15 is 0 Å². The van der Waals surface area contributed by atoms with Gasteiger partial charge in [-0.2, -0.15) is 4.58 Å². The molecule has 0 radical (unpaired) electrons. The van der Waals surface area contributed by atoms with Gasteiger partial charge >= 0.3 is 6.29 Å². The van der Waals surface area contributed by atoms with Crippen LogP contribution in [0.1, 0.15) is 6.92 Å². The Kier molecular flexibility index (Phi) is 4.75. The second-order valence-corrected chi connectivity index (χ2v) is 2.44. The highest BCUT2D eigenvalue weighted by Gasteiger charge is 2.29. The minimum Gasteiger partial charge on any atom is -0.463 e. The molecule has 0 rings (SSSR count). The molecule has 0 saturated heterocycles. The van der Waals surface area contributed by atoms with Gasteiger partial charge in [-0.3, -0.25) is 0 Å². The maximum atomic E-state index is 9.47. The van der Waals surface area contributed by atoms with E-state index in [-0.39, 0.29) is 0 Å². The summed E-state index contributed by atoms with van der Waals surface area (Å²) in [5.41, 5.74) is 0. The Labute approximate surface area is 68.9 Å². The van der Waals surface area contributed by atoms with Gasteiger partial charge in [-0.15, -0.1) is 0 Å². The SMILES string of the molecule is C[C@@H](O)[C@H](O)[C@H](O)[C@@H](O)C=[O+][O-]. The van der Waals surface area contributed by atoms with Crippen molar-refractivity contribution in [3.05, 3.63) is 0 Å². The zero-order valence-electron chi connectivity index (χ0n) is 6.49. The lowest BCUT2D eigenvalue weighted by Crippen LogP contribution is -2.44. The highest BCUT2D eigenvalue weighted by Crippen LogP contribution is 2.02. The van der Waals surface area contributed by atoms with Crippen molar-refractivity contribution in [2.75, 3.05) is 0 Å². The third-order valence-corrected chi connectivity index (χ3v) is 1.39. The van der Waals surface area contributed by atoms with Crippen LogP contribution in [0.3, 0.4) is 0 Å². The van der Waals surface area contributed by atoms with Crippen LogP contribution in [0.15, 0.2) is 0 Å². The minimum atomic E-state index is -1.64. The predicted octanol–water partition coefficient (Wildman–Crippen LogP) is -3.54. The van der Waals surface area contributed by atoms with Gasteiger partial charge in [0.25, 0.3) is 0 Å². The summed E-state index contributed by atoms with van der Waals surface area (Å²) in [7, 11) is 0. The molecule has 0 unspecified atom stereocenters. The molecule has 0 aliphatic rings. The molecule has 6 nitrogen and oxygen atoms in total. The zero-order valence-corrected chi connectivity index (χ0v) is 6.49. The second-order valence-electron chi connectivity index (χ2n) is 2.44. The predicted molar refractivity (Wildman–Crippen MR) is 35.8 cm³/mol. The molecule has 0 aromatic heterocycles. The van der Waals surface area contributed by atoms with Crippen molar-refractivity contribution in [1.29, 1.82) is 0 Å². The molecule has 0 saturated carbocycles. The number of aldehydes is 1. The van der Waals surface area contributed by atoms with Gasteiger partial charge in [-0.1, -0.05) is 0 Å². The van der Waals surface area contributed by atoms with E-state index in [1.165, 1.54) is 6.92 Å². The van der Waals surface area contributed by atoms with Gasteiger partial charge in [-0.05, 0) is 6.92 Å². The molecule has 72 valence electrons. The second kappa shape index (κ2) is 5.04. The van der Waals surface area contributed by atoms with Crippen LogP contribution >= 0.6 is 0 Å².